The van der Waals surface area contributed by atoms with E-state index in [9.17, 15) is 0 Å². The first-order chi connectivity index (χ1) is 36.7. The molecule has 5 heteroatoms. The van der Waals surface area contributed by atoms with Crippen molar-refractivity contribution < 1.29 is 0 Å². The number of fused-ring (bicyclic) bond motifs is 13. The first-order valence-electron chi connectivity index (χ1n) is 25.4. The van der Waals surface area contributed by atoms with Crippen molar-refractivity contribution in [2.75, 3.05) is 0 Å². The highest BCUT2D eigenvalue weighted by Gasteiger charge is 2.22. The molecule has 16 rings (SSSR count). The quantitative estimate of drug-likeness (QED) is 0.163. The highest BCUT2D eigenvalue weighted by atomic mass is 15.1. The molecule has 74 heavy (non-hydrogen) atoms. The van der Waals surface area contributed by atoms with Crippen LogP contribution in [0.25, 0.3) is 143 Å². The zero-order chi connectivity index (χ0) is 48.4. The van der Waals surface area contributed by atoms with Gasteiger partial charge in [0.05, 0.1) is 55.3 Å². The van der Waals surface area contributed by atoms with Crippen molar-refractivity contribution in [1.29, 1.82) is 0 Å². The lowest BCUT2D eigenvalue weighted by atomic mass is 10.0. The Bertz CT molecular complexity index is 4950. The number of pyridine rings is 1. The minimum absolute atomic E-state index is 0.866. The Labute approximate surface area is 425 Å². The SMILES string of the molecule is c1ccc(-n2c3ccccc3c3cc(-c4ccc5c6ccccc6n(-c6cc(-n7c8ccccc8c8ccc(-c9ccc%10c(c9)c9ccccc9n%10-c9ccccc9)cc87)c7ccccc7n6)c5c4)ccc32)cc1. The molecule has 16 aromatic rings. The molecular weight excluding hydrogens is 899 g/mol. The summed E-state index contributed by atoms with van der Waals surface area (Å²) < 4.78 is 9.61. The molecule has 0 bridgehead atoms. The van der Waals surface area contributed by atoms with Crippen molar-refractivity contribution in [3.63, 3.8) is 0 Å². The topological polar surface area (TPSA) is 32.6 Å². The lowest BCUT2D eigenvalue weighted by Crippen LogP contribution is -2.03. The molecule has 0 atom stereocenters. The summed E-state index contributed by atoms with van der Waals surface area (Å²) in [7, 11) is 0. The summed E-state index contributed by atoms with van der Waals surface area (Å²) in [5, 5.41) is 10.8. The minimum Gasteiger partial charge on any atom is -0.309 e. The van der Waals surface area contributed by atoms with Gasteiger partial charge in [-0.1, -0.05) is 164 Å². The zero-order valence-corrected chi connectivity index (χ0v) is 40.1. The van der Waals surface area contributed by atoms with Gasteiger partial charge in [-0.05, 0) is 113 Å². The molecule has 0 fully saturated rings. The van der Waals surface area contributed by atoms with E-state index in [2.05, 4.69) is 279 Å². The van der Waals surface area contributed by atoms with E-state index in [1.807, 2.05) is 0 Å². The van der Waals surface area contributed by atoms with Crippen molar-refractivity contribution in [2.45, 2.75) is 0 Å². The van der Waals surface area contributed by atoms with E-state index in [1.165, 1.54) is 76.3 Å². The molecule has 344 valence electrons. The van der Waals surface area contributed by atoms with Crippen molar-refractivity contribution in [1.82, 2.24) is 23.3 Å². The van der Waals surface area contributed by atoms with Crippen LogP contribution >= 0.6 is 0 Å². The van der Waals surface area contributed by atoms with Gasteiger partial charge >= 0.3 is 0 Å². The average Bonchev–Trinajstić information content (AvgIpc) is 4.20. The summed E-state index contributed by atoms with van der Waals surface area (Å²) >= 11 is 0. The van der Waals surface area contributed by atoms with Gasteiger partial charge in [0.15, 0.2) is 0 Å². The van der Waals surface area contributed by atoms with E-state index in [1.54, 1.807) is 0 Å². The molecular formula is C69H43N5. The highest BCUT2D eigenvalue weighted by Crippen LogP contribution is 2.42. The van der Waals surface area contributed by atoms with Gasteiger partial charge in [0, 0.05) is 65.9 Å². The predicted octanol–water partition coefficient (Wildman–Crippen LogP) is 18.0. The van der Waals surface area contributed by atoms with Crippen molar-refractivity contribution in [3.8, 4) is 45.1 Å². The van der Waals surface area contributed by atoms with E-state index in [0.29, 0.717) is 0 Å². The van der Waals surface area contributed by atoms with Gasteiger partial charge in [0.2, 0.25) is 0 Å². The fourth-order valence-corrected chi connectivity index (χ4v) is 12.3. The molecule has 5 heterocycles. The average molecular weight is 942 g/mol. The fourth-order valence-electron chi connectivity index (χ4n) is 12.3. The van der Waals surface area contributed by atoms with E-state index in [-0.39, 0.29) is 0 Å². The van der Waals surface area contributed by atoms with Gasteiger partial charge in [-0.2, -0.15) is 0 Å². The van der Waals surface area contributed by atoms with E-state index >= 15 is 0 Å². The lowest BCUT2D eigenvalue weighted by molar-refractivity contribution is 1.08. The van der Waals surface area contributed by atoms with Gasteiger partial charge in [-0.3, -0.25) is 4.57 Å². The molecule has 11 aromatic carbocycles. The van der Waals surface area contributed by atoms with Crippen LogP contribution in [0.3, 0.4) is 0 Å². The second-order valence-corrected chi connectivity index (χ2v) is 19.5. The van der Waals surface area contributed by atoms with Crippen LogP contribution in [0.1, 0.15) is 0 Å². The maximum Gasteiger partial charge on any atom is 0.140 e. The van der Waals surface area contributed by atoms with Crippen LogP contribution in [0, 0.1) is 0 Å². The van der Waals surface area contributed by atoms with E-state index in [0.717, 1.165) is 67.0 Å². The van der Waals surface area contributed by atoms with Crippen LogP contribution in [0.4, 0.5) is 0 Å². The number of hydrogen-bond donors (Lipinski definition) is 0. The first kappa shape index (κ1) is 40.7. The second kappa shape index (κ2) is 15.8. The van der Waals surface area contributed by atoms with Gasteiger partial charge in [0.25, 0.3) is 0 Å². The summed E-state index contributed by atoms with van der Waals surface area (Å²) in [5.41, 5.74) is 18.3. The number of benzene rings is 11. The standard InChI is InChI=1S/C69H43N5/c1-3-17-48(18-4-1)71-60-27-13-10-23-52(60)57-39-44(33-37-64(57)71)46-31-35-54-50-21-8-15-29-62(50)73(66(54)41-46)68-43-69(70-59-26-12-7-25-56(59)68)74-63-30-16-9-22-51(63)55-36-32-47(42-67(55)74)45-34-38-65-58(40-45)53-24-11-14-28-61(53)72(65)49-19-5-2-6-20-49/h1-43H. The normalized spacial score (nSPS) is 12.1. The third-order valence-corrected chi connectivity index (χ3v) is 15.5. The van der Waals surface area contributed by atoms with Crippen LogP contribution < -0.4 is 0 Å². The Morgan fingerprint density at radius 1 is 0.216 bits per heavy atom. The molecule has 0 unspecified atom stereocenters. The third kappa shape index (κ3) is 5.95. The summed E-state index contributed by atoms with van der Waals surface area (Å²) in [6.45, 7) is 0. The van der Waals surface area contributed by atoms with Crippen LogP contribution in [-0.2, 0) is 0 Å². The molecule has 0 amide bonds. The molecule has 0 aliphatic rings. The van der Waals surface area contributed by atoms with E-state index in [4.69, 9.17) is 4.98 Å². The predicted molar refractivity (Wildman–Crippen MR) is 310 cm³/mol. The number of para-hydroxylation sites is 7. The molecule has 0 saturated carbocycles. The maximum absolute atomic E-state index is 5.55. The molecule has 0 spiro atoms. The summed E-state index contributed by atoms with van der Waals surface area (Å²) in [6.07, 6.45) is 0. The molecule has 5 nitrogen and oxygen atoms in total. The van der Waals surface area contributed by atoms with Gasteiger partial charge in [0.1, 0.15) is 5.82 Å². The second-order valence-electron chi connectivity index (χ2n) is 19.5. The monoisotopic (exact) mass is 941 g/mol. The molecule has 0 saturated heterocycles. The lowest BCUT2D eigenvalue weighted by Gasteiger charge is -2.16. The molecule has 0 aliphatic carbocycles. The Morgan fingerprint density at radius 3 is 1.08 bits per heavy atom. The minimum atomic E-state index is 0.866. The first-order valence-corrected chi connectivity index (χ1v) is 25.4. The van der Waals surface area contributed by atoms with Crippen LogP contribution in [0.5, 0.6) is 0 Å². The molecule has 5 aromatic heterocycles. The van der Waals surface area contributed by atoms with Gasteiger partial charge in [-0.15, -0.1) is 0 Å². The Balaban J connectivity index is 0.897. The van der Waals surface area contributed by atoms with E-state index < -0.39 is 0 Å². The third-order valence-electron chi connectivity index (χ3n) is 15.5. The van der Waals surface area contributed by atoms with Crippen molar-refractivity contribution in [2.24, 2.45) is 0 Å². The molecule has 0 N–H and O–H groups in total. The Morgan fingerprint density at radius 2 is 0.568 bits per heavy atom. The number of hydrogen-bond acceptors (Lipinski definition) is 1. The Kier molecular flexibility index (Phi) is 8.68. The molecule has 0 radical (unpaired) electrons. The Hall–Kier alpha value is -9.97. The van der Waals surface area contributed by atoms with Gasteiger partial charge in [-0.25, -0.2) is 4.98 Å². The molecule has 0 aliphatic heterocycles. The van der Waals surface area contributed by atoms with Crippen LogP contribution in [0.2, 0.25) is 0 Å². The van der Waals surface area contributed by atoms with Crippen LogP contribution in [0.15, 0.2) is 261 Å². The van der Waals surface area contributed by atoms with Crippen molar-refractivity contribution >= 4 is 98.1 Å². The largest absolute Gasteiger partial charge is 0.309 e. The number of nitrogens with zero attached hydrogens (tertiary/aromatic N) is 5. The number of rotatable bonds is 6. The van der Waals surface area contributed by atoms with Gasteiger partial charge < -0.3 is 13.7 Å². The number of aromatic nitrogens is 5. The maximum atomic E-state index is 5.55. The smallest absolute Gasteiger partial charge is 0.140 e. The van der Waals surface area contributed by atoms with Crippen molar-refractivity contribution in [3.05, 3.63) is 261 Å². The zero-order valence-electron chi connectivity index (χ0n) is 40.1. The summed E-state index contributed by atoms with van der Waals surface area (Å²) in [6, 6.07) is 95.2. The highest BCUT2D eigenvalue weighted by molar-refractivity contribution is 6.15. The summed E-state index contributed by atoms with van der Waals surface area (Å²) in [4.78, 5) is 5.55. The summed E-state index contributed by atoms with van der Waals surface area (Å²) in [5.74, 6) is 0.866. The van der Waals surface area contributed by atoms with Crippen LogP contribution in [-0.4, -0.2) is 23.3 Å². The fraction of sp³-hybridized carbons (Fsp3) is 0.